The maximum atomic E-state index is 13.9. The largest absolute Gasteiger partial charge is 0.289 e. The Bertz CT molecular complexity index is 1140. The lowest BCUT2D eigenvalue weighted by atomic mass is 10.1. The third-order valence-electron chi connectivity index (χ3n) is 4.64. The van der Waals surface area contributed by atoms with Crippen molar-refractivity contribution in [3.05, 3.63) is 99.3 Å². The molecule has 0 radical (unpaired) electrons. The van der Waals surface area contributed by atoms with Gasteiger partial charge in [0.15, 0.2) is 0 Å². The predicted octanol–water partition coefficient (Wildman–Crippen LogP) is 5.03. The Kier molecular flexibility index (Phi) is 5.28. The summed E-state index contributed by atoms with van der Waals surface area (Å²) in [7, 11) is 0. The molecule has 150 valence electrons. The molecule has 4 rings (SSSR count). The highest BCUT2D eigenvalue weighted by Crippen LogP contribution is 2.27. The van der Waals surface area contributed by atoms with Crippen LogP contribution in [-0.2, 0) is 0 Å². The van der Waals surface area contributed by atoms with E-state index in [9.17, 15) is 18.8 Å². The van der Waals surface area contributed by atoms with Crippen LogP contribution in [-0.4, -0.2) is 29.3 Å². The highest BCUT2D eigenvalue weighted by molar-refractivity contribution is 6.35. The smallest absolute Gasteiger partial charge is 0.263 e. The monoisotopic (exact) mass is 442 g/mol. The van der Waals surface area contributed by atoms with Gasteiger partial charge in [-0.2, -0.15) is 0 Å². The van der Waals surface area contributed by atoms with E-state index in [4.69, 9.17) is 23.2 Å². The van der Waals surface area contributed by atoms with E-state index in [1.807, 2.05) is 0 Å². The Morgan fingerprint density at radius 3 is 2.03 bits per heavy atom. The van der Waals surface area contributed by atoms with E-state index < -0.39 is 30.2 Å². The highest BCUT2D eigenvalue weighted by atomic mass is 35.5. The molecule has 3 aromatic carbocycles. The molecule has 0 aliphatic carbocycles. The molecule has 0 atom stereocenters. The molecule has 0 saturated carbocycles. The fourth-order valence-corrected chi connectivity index (χ4v) is 3.78. The van der Waals surface area contributed by atoms with Crippen molar-refractivity contribution in [2.75, 3.05) is 11.6 Å². The van der Waals surface area contributed by atoms with E-state index in [0.29, 0.717) is 0 Å². The zero-order valence-corrected chi connectivity index (χ0v) is 16.8. The SMILES string of the molecule is O=C1c2ccccc2C(=O)N1CN(C(=O)c1cc(Cl)cc(Cl)c1)c1cccc(F)c1. The third kappa shape index (κ3) is 3.67. The molecule has 3 aromatic rings. The van der Waals surface area contributed by atoms with Crippen LogP contribution in [0.25, 0.3) is 0 Å². The number of rotatable bonds is 4. The van der Waals surface area contributed by atoms with Gasteiger partial charge in [-0.25, -0.2) is 4.39 Å². The van der Waals surface area contributed by atoms with Gasteiger partial charge in [0.25, 0.3) is 17.7 Å². The van der Waals surface area contributed by atoms with Crippen molar-refractivity contribution in [1.82, 2.24) is 4.90 Å². The summed E-state index contributed by atoms with van der Waals surface area (Å²) in [5.41, 5.74) is 0.806. The molecule has 8 heteroatoms. The lowest BCUT2D eigenvalue weighted by Gasteiger charge is -2.27. The summed E-state index contributed by atoms with van der Waals surface area (Å²) in [6, 6.07) is 16.0. The molecule has 3 amide bonds. The number of fused-ring (bicyclic) bond motifs is 1. The molecular formula is C22H13Cl2FN2O3. The van der Waals surface area contributed by atoms with E-state index >= 15 is 0 Å². The zero-order chi connectivity index (χ0) is 21.4. The van der Waals surface area contributed by atoms with E-state index in [-0.39, 0.29) is 32.4 Å². The molecule has 0 saturated heterocycles. The number of carbonyl (C=O) groups excluding carboxylic acids is 3. The maximum Gasteiger partial charge on any atom is 0.263 e. The summed E-state index contributed by atoms with van der Waals surface area (Å²) in [5.74, 6) is -2.23. The molecule has 1 aliphatic heterocycles. The Hall–Kier alpha value is -3.22. The molecule has 0 bridgehead atoms. The molecule has 0 N–H and O–H groups in total. The number of carbonyl (C=O) groups is 3. The average Bonchev–Trinajstić information content (AvgIpc) is 2.95. The number of nitrogens with zero attached hydrogens (tertiary/aromatic N) is 2. The number of amides is 3. The molecule has 0 spiro atoms. The van der Waals surface area contributed by atoms with Crippen LogP contribution in [0.1, 0.15) is 31.1 Å². The van der Waals surface area contributed by atoms with Gasteiger partial charge in [-0.05, 0) is 48.5 Å². The van der Waals surface area contributed by atoms with Crippen molar-refractivity contribution in [1.29, 1.82) is 0 Å². The summed E-state index contributed by atoms with van der Waals surface area (Å²) in [6.45, 7) is -0.404. The van der Waals surface area contributed by atoms with E-state index in [0.717, 1.165) is 15.9 Å². The fourth-order valence-electron chi connectivity index (χ4n) is 3.25. The average molecular weight is 443 g/mol. The number of benzene rings is 3. The van der Waals surface area contributed by atoms with Crippen molar-refractivity contribution in [3.8, 4) is 0 Å². The second kappa shape index (κ2) is 7.89. The van der Waals surface area contributed by atoms with E-state index in [1.54, 1.807) is 24.3 Å². The second-order valence-electron chi connectivity index (χ2n) is 6.60. The molecule has 0 fully saturated rings. The topological polar surface area (TPSA) is 57.7 Å². The van der Waals surface area contributed by atoms with Gasteiger partial charge in [0.05, 0.1) is 11.1 Å². The minimum absolute atomic E-state index is 0.133. The maximum absolute atomic E-state index is 13.9. The molecule has 5 nitrogen and oxygen atoms in total. The standard InChI is InChI=1S/C22H13Cl2FN2O3/c23-14-8-13(9-15(24)10-14)20(28)26(17-5-3-4-16(25)11-17)12-27-21(29)18-6-1-2-7-19(18)22(27)30/h1-11H,12H2. The summed E-state index contributed by atoms with van der Waals surface area (Å²) < 4.78 is 13.9. The molecular weight excluding hydrogens is 430 g/mol. The summed E-state index contributed by atoms with van der Waals surface area (Å²) in [4.78, 5) is 40.9. The van der Waals surface area contributed by atoms with Gasteiger partial charge in [-0.1, -0.05) is 41.4 Å². The Labute approximate surface area is 181 Å². The normalized spacial score (nSPS) is 12.8. The van der Waals surface area contributed by atoms with Crippen LogP contribution in [0.2, 0.25) is 10.0 Å². The molecule has 0 aromatic heterocycles. The van der Waals surface area contributed by atoms with Gasteiger partial charge >= 0.3 is 0 Å². The number of hydrogen-bond donors (Lipinski definition) is 0. The van der Waals surface area contributed by atoms with E-state index in [2.05, 4.69) is 0 Å². The van der Waals surface area contributed by atoms with Crippen LogP contribution < -0.4 is 4.90 Å². The molecule has 1 aliphatic rings. The summed E-state index contributed by atoms with van der Waals surface area (Å²) in [6.07, 6.45) is 0. The Morgan fingerprint density at radius 2 is 1.47 bits per heavy atom. The highest BCUT2D eigenvalue weighted by Gasteiger charge is 2.37. The summed E-state index contributed by atoms with van der Waals surface area (Å²) >= 11 is 12.0. The Balaban J connectivity index is 1.74. The number of halogens is 3. The molecule has 30 heavy (non-hydrogen) atoms. The van der Waals surface area contributed by atoms with Crippen molar-refractivity contribution in [3.63, 3.8) is 0 Å². The summed E-state index contributed by atoms with van der Waals surface area (Å²) in [5, 5.41) is 0.483. The zero-order valence-electron chi connectivity index (χ0n) is 15.3. The number of imide groups is 1. The van der Waals surface area contributed by atoms with Crippen LogP contribution >= 0.6 is 23.2 Å². The van der Waals surface area contributed by atoms with Gasteiger partial charge in [0, 0.05) is 21.3 Å². The van der Waals surface area contributed by atoms with Crippen LogP contribution in [0.15, 0.2) is 66.7 Å². The van der Waals surface area contributed by atoms with Crippen molar-refractivity contribution < 1.29 is 18.8 Å². The fraction of sp³-hybridized carbons (Fsp3) is 0.0455. The lowest BCUT2D eigenvalue weighted by molar-refractivity contribution is 0.0650. The number of hydrogen-bond acceptors (Lipinski definition) is 3. The Morgan fingerprint density at radius 1 is 0.867 bits per heavy atom. The van der Waals surface area contributed by atoms with Crippen LogP contribution in [0.5, 0.6) is 0 Å². The van der Waals surface area contributed by atoms with Crippen LogP contribution in [0, 0.1) is 5.82 Å². The predicted molar refractivity (Wildman–Crippen MR) is 111 cm³/mol. The first-order valence-corrected chi connectivity index (χ1v) is 9.59. The van der Waals surface area contributed by atoms with Gasteiger partial charge in [0.1, 0.15) is 12.5 Å². The molecule has 1 heterocycles. The van der Waals surface area contributed by atoms with Crippen LogP contribution in [0.4, 0.5) is 10.1 Å². The first-order chi connectivity index (χ1) is 14.3. The van der Waals surface area contributed by atoms with Crippen molar-refractivity contribution in [2.45, 2.75) is 0 Å². The second-order valence-corrected chi connectivity index (χ2v) is 7.47. The lowest BCUT2D eigenvalue weighted by Crippen LogP contribution is -2.44. The first-order valence-electron chi connectivity index (χ1n) is 8.84. The minimum Gasteiger partial charge on any atom is -0.289 e. The quantitative estimate of drug-likeness (QED) is 0.532. The van der Waals surface area contributed by atoms with E-state index in [1.165, 1.54) is 36.4 Å². The van der Waals surface area contributed by atoms with Crippen LogP contribution in [0.3, 0.4) is 0 Å². The van der Waals surface area contributed by atoms with Crippen molar-refractivity contribution >= 4 is 46.6 Å². The molecule has 0 unspecified atom stereocenters. The van der Waals surface area contributed by atoms with Gasteiger partial charge in [0.2, 0.25) is 0 Å². The van der Waals surface area contributed by atoms with Crippen molar-refractivity contribution in [2.24, 2.45) is 0 Å². The first kappa shape index (κ1) is 20.1. The van der Waals surface area contributed by atoms with Gasteiger partial charge in [-0.15, -0.1) is 0 Å². The van der Waals surface area contributed by atoms with Gasteiger partial charge < -0.3 is 0 Å². The minimum atomic E-state index is -0.596. The van der Waals surface area contributed by atoms with Gasteiger partial charge in [-0.3, -0.25) is 24.2 Å². The third-order valence-corrected chi connectivity index (χ3v) is 5.07. The number of anilines is 1.